The number of fused-ring (bicyclic) bond motifs is 1. The molecule has 0 radical (unpaired) electrons. The van der Waals surface area contributed by atoms with E-state index in [1.807, 2.05) is 24.3 Å². The van der Waals surface area contributed by atoms with Gasteiger partial charge in [0.05, 0.1) is 46.3 Å². The Labute approximate surface area is 177 Å². The van der Waals surface area contributed by atoms with Crippen LogP contribution in [0.5, 0.6) is 11.6 Å². The summed E-state index contributed by atoms with van der Waals surface area (Å²) in [4.78, 5) is 8.46. The average molecular weight is 426 g/mol. The summed E-state index contributed by atoms with van der Waals surface area (Å²) in [6, 6.07) is 11.1. The fourth-order valence-corrected chi connectivity index (χ4v) is 3.10. The molecule has 0 aliphatic heterocycles. The van der Waals surface area contributed by atoms with Gasteiger partial charge in [-0.3, -0.25) is 15.1 Å². The van der Waals surface area contributed by atoms with Crippen LogP contribution >= 0.6 is 11.6 Å². The van der Waals surface area contributed by atoms with Gasteiger partial charge in [-0.25, -0.2) is 0 Å². The number of hydrogen-bond acceptors (Lipinski definition) is 7. The van der Waals surface area contributed by atoms with Gasteiger partial charge in [0.25, 0.3) is 0 Å². The predicted octanol–water partition coefficient (Wildman–Crippen LogP) is 4.09. The fourth-order valence-electron chi connectivity index (χ4n) is 2.86. The van der Waals surface area contributed by atoms with Gasteiger partial charge in [0.15, 0.2) is 0 Å². The highest BCUT2D eigenvalue weighted by molar-refractivity contribution is 6.32. The Hall–Kier alpha value is -3.36. The number of halogens is 1. The highest BCUT2D eigenvalue weighted by atomic mass is 35.5. The number of aliphatic hydroxyl groups is 1. The summed E-state index contributed by atoms with van der Waals surface area (Å²) in [7, 11) is 0. The Kier molecular flexibility index (Phi) is 6.26. The van der Waals surface area contributed by atoms with Crippen molar-refractivity contribution in [1.29, 1.82) is 0 Å². The van der Waals surface area contributed by atoms with Gasteiger partial charge in [-0.05, 0) is 30.3 Å². The summed E-state index contributed by atoms with van der Waals surface area (Å²) < 4.78 is 11.4. The molecule has 30 heavy (non-hydrogen) atoms. The quantitative estimate of drug-likeness (QED) is 0.347. The van der Waals surface area contributed by atoms with Gasteiger partial charge in [0, 0.05) is 24.9 Å². The first-order valence-electron chi connectivity index (χ1n) is 9.39. The van der Waals surface area contributed by atoms with Crippen LogP contribution < -0.4 is 14.8 Å². The van der Waals surface area contributed by atoms with Crippen molar-refractivity contribution >= 4 is 33.9 Å². The van der Waals surface area contributed by atoms with E-state index in [2.05, 4.69) is 25.5 Å². The summed E-state index contributed by atoms with van der Waals surface area (Å²) in [5.41, 5.74) is 3.04. The molecule has 0 atom stereocenters. The number of aromatic nitrogens is 4. The lowest BCUT2D eigenvalue weighted by molar-refractivity contribution is 0.230. The Balaban J connectivity index is 1.50. The number of pyridine rings is 2. The van der Waals surface area contributed by atoms with E-state index in [4.69, 9.17) is 26.2 Å². The molecule has 0 amide bonds. The molecule has 3 aromatic heterocycles. The number of ether oxygens (including phenoxy) is 2. The number of nitrogens with one attached hydrogen (secondary N) is 2. The SMILES string of the molecule is OCCCOc1n[nH]c2cncc(Nc3ccc(OCc4ccccn4)c(Cl)c3)c12. The zero-order valence-corrected chi connectivity index (χ0v) is 16.8. The second-order valence-corrected chi connectivity index (χ2v) is 6.85. The highest BCUT2D eigenvalue weighted by Gasteiger charge is 2.13. The molecule has 0 bridgehead atoms. The van der Waals surface area contributed by atoms with Crippen LogP contribution in [-0.4, -0.2) is 38.5 Å². The largest absolute Gasteiger partial charge is 0.486 e. The zero-order valence-electron chi connectivity index (χ0n) is 16.0. The normalized spacial score (nSPS) is 10.9. The Morgan fingerprint density at radius 1 is 1.13 bits per heavy atom. The second kappa shape index (κ2) is 9.43. The number of aliphatic hydroxyl groups excluding tert-OH is 1. The number of H-pyrrole nitrogens is 1. The van der Waals surface area contributed by atoms with Crippen molar-refractivity contribution in [3.8, 4) is 11.6 Å². The standard InChI is InChI=1S/C21H20ClN5O3/c22-16-10-14(5-6-19(16)30-13-15-4-1-2-7-24-15)25-17-11-23-12-18-20(17)21(27-26-18)29-9-3-8-28/h1-2,4-7,10-12,25,28H,3,8-9,13H2,(H,26,27). The van der Waals surface area contributed by atoms with E-state index in [0.717, 1.165) is 28.0 Å². The third-order valence-corrected chi connectivity index (χ3v) is 4.59. The lowest BCUT2D eigenvalue weighted by Gasteiger charge is -2.12. The van der Waals surface area contributed by atoms with Crippen molar-refractivity contribution in [2.45, 2.75) is 13.0 Å². The van der Waals surface area contributed by atoms with Crippen molar-refractivity contribution in [2.24, 2.45) is 0 Å². The predicted molar refractivity (Wildman–Crippen MR) is 114 cm³/mol. The number of hydrogen-bond donors (Lipinski definition) is 3. The first-order valence-corrected chi connectivity index (χ1v) is 9.77. The van der Waals surface area contributed by atoms with E-state index in [0.29, 0.717) is 36.3 Å². The van der Waals surface area contributed by atoms with E-state index >= 15 is 0 Å². The molecular formula is C21H20ClN5O3. The number of nitrogens with zero attached hydrogens (tertiary/aromatic N) is 3. The van der Waals surface area contributed by atoms with Crippen LogP contribution in [0.3, 0.4) is 0 Å². The molecule has 4 aromatic rings. The smallest absolute Gasteiger partial charge is 0.242 e. The number of benzene rings is 1. The molecule has 1 aromatic carbocycles. The molecule has 0 aliphatic rings. The minimum atomic E-state index is 0.0578. The average Bonchev–Trinajstić information content (AvgIpc) is 3.18. The number of anilines is 2. The molecule has 8 nitrogen and oxygen atoms in total. The first-order chi connectivity index (χ1) is 14.7. The van der Waals surface area contributed by atoms with E-state index in [1.54, 1.807) is 30.7 Å². The molecule has 0 aliphatic carbocycles. The topological polar surface area (TPSA) is 105 Å². The van der Waals surface area contributed by atoms with Crippen molar-refractivity contribution in [3.05, 3.63) is 65.7 Å². The highest BCUT2D eigenvalue weighted by Crippen LogP contribution is 2.34. The van der Waals surface area contributed by atoms with Crippen molar-refractivity contribution in [2.75, 3.05) is 18.5 Å². The van der Waals surface area contributed by atoms with Crippen LogP contribution in [-0.2, 0) is 6.61 Å². The van der Waals surface area contributed by atoms with Crippen molar-refractivity contribution < 1.29 is 14.6 Å². The van der Waals surface area contributed by atoms with Gasteiger partial charge < -0.3 is 19.9 Å². The molecule has 0 spiro atoms. The van der Waals surface area contributed by atoms with Crippen LogP contribution in [0.15, 0.2) is 55.0 Å². The summed E-state index contributed by atoms with van der Waals surface area (Å²) in [6.07, 6.45) is 5.61. The minimum absolute atomic E-state index is 0.0578. The van der Waals surface area contributed by atoms with Crippen molar-refractivity contribution in [3.63, 3.8) is 0 Å². The van der Waals surface area contributed by atoms with Crippen LogP contribution in [0.25, 0.3) is 10.9 Å². The first kappa shape index (κ1) is 19.9. The number of aromatic amines is 1. The molecule has 3 N–H and O–H groups in total. The molecule has 0 saturated heterocycles. The van der Waals surface area contributed by atoms with Gasteiger partial charge in [0.1, 0.15) is 12.4 Å². The molecule has 0 saturated carbocycles. The third-order valence-electron chi connectivity index (χ3n) is 4.29. The van der Waals surface area contributed by atoms with Gasteiger partial charge in [0.2, 0.25) is 5.88 Å². The summed E-state index contributed by atoms with van der Waals surface area (Å²) in [5, 5.41) is 20.6. The maximum absolute atomic E-state index is 8.95. The summed E-state index contributed by atoms with van der Waals surface area (Å²) in [6.45, 7) is 0.759. The monoisotopic (exact) mass is 425 g/mol. The molecule has 4 rings (SSSR count). The zero-order chi connectivity index (χ0) is 20.8. The van der Waals surface area contributed by atoms with Crippen LogP contribution in [0, 0.1) is 0 Å². The molecule has 0 fully saturated rings. The second-order valence-electron chi connectivity index (χ2n) is 6.44. The molecule has 9 heteroatoms. The van der Waals surface area contributed by atoms with Gasteiger partial charge in [-0.15, -0.1) is 5.10 Å². The lowest BCUT2D eigenvalue weighted by atomic mass is 10.2. The van der Waals surface area contributed by atoms with E-state index in [1.165, 1.54) is 0 Å². The van der Waals surface area contributed by atoms with Gasteiger partial charge >= 0.3 is 0 Å². The van der Waals surface area contributed by atoms with Crippen LogP contribution in [0.2, 0.25) is 5.02 Å². The van der Waals surface area contributed by atoms with Crippen LogP contribution in [0.4, 0.5) is 11.4 Å². The maximum Gasteiger partial charge on any atom is 0.242 e. The van der Waals surface area contributed by atoms with E-state index in [9.17, 15) is 0 Å². The maximum atomic E-state index is 8.95. The Morgan fingerprint density at radius 2 is 2.07 bits per heavy atom. The van der Waals surface area contributed by atoms with Gasteiger partial charge in [-0.2, -0.15) is 0 Å². The molecule has 3 heterocycles. The number of rotatable bonds is 9. The molecule has 154 valence electrons. The van der Waals surface area contributed by atoms with Crippen LogP contribution in [0.1, 0.15) is 12.1 Å². The van der Waals surface area contributed by atoms with Gasteiger partial charge in [-0.1, -0.05) is 17.7 Å². The Bertz CT molecular complexity index is 1120. The third kappa shape index (κ3) is 4.61. The molecule has 0 unspecified atom stereocenters. The fraction of sp³-hybridized carbons (Fsp3) is 0.190. The summed E-state index contributed by atoms with van der Waals surface area (Å²) in [5.74, 6) is 1.02. The molecular weight excluding hydrogens is 406 g/mol. The lowest BCUT2D eigenvalue weighted by Crippen LogP contribution is -2.01. The van der Waals surface area contributed by atoms with Crippen molar-refractivity contribution in [1.82, 2.24) is 20.2 Å². The Morgan fingerprint density at radius 3 is 2.87 bits per heavy atom. The summed E-state index contributed by atoms with van der Waals surface area (Å²) >= 11 is 6.41. The van der Waals surface area contributed by atoms with E-state index < -0.39 is 0 Å². The van der Waals surface area contributed by atoms with E-state index in [-0.39, 0.29) is 6.61 Å². The minimum Gasteiger partial charge on any atom is -0.486 e.